The molecule has 0 aromatic heterocycles. The van der Waals surface area contributed by atoms with Crippen LogP contribution in [0.4, 0.5) is 22.8 Å². The Kier molecular flexibility index (Phi) is 10.9. The van der Waals surface area contributed by atoms with Crippen LogP contribution in [0.1, 0.15) is 59.1 Å². The van der Waals surface area contributed by atoms with Gasteiger partial charge in [0.25, 0.3) is 0 Å². The van der Waals surface area contributed by atoms with E-state index >= 15 is 0 Å². The third-order valence-corrected chi connectivity index (χ3v) is 4.33. The SMILES string of the molecule is CC(C)(C)OC(=O)NCc1ccc(CCCN(CCNC(=O)C(F)(F)F)C(=O)OC(C)(C)C)cc1. The summed E-state index contributed by atoms with van der Waals surface area (Å²) in [4.78, 5) is 36.5. The average Bonchev–Trinajstić information content (AvgIpc) is 2.68. The second-order valence-electron chi connectivity index (χ2n) is 10.00. The third kappa shape index (κ3) is 13.5. The summed E-state index contributed by atoms with van der Waals surface area (Å²) in [6, 6.07) is 7.52. The van der Waals surface area contributed by atoms with E-state index in [1.165, 1.54) is 4.90 Å². The van der Waals surface area contributed by atoms with Crippen molar-refractivity contribution >= 4 is 18.1 Å². The van der Waals surface area contributed by atoms with Gasteiger partial charge in [0.05, 0.1) is 0 Å². The summed E-state index contributed by atoms with van der Waals surface area (Å²) in [5.41, 5.74) is 0.523. The first-order chi connectivity index (χ1) is 16.0. The zero-order chi connectivity index (χ0) is 26.9. The number of alkyl carbamates (subject to hydrolysis) is 1. The van der Waals surface area contributed by atoms with E-state index < -0.39 is 35.5 Å². The van der Waals surface area contributed by atoms with E-state index in [1.807, 2.05) is 24.3 Å². The Morgan fingerprint density at radius 1 is 0.829 bits per heavy atom. The molecule has 0 aliphatic carbocycles. The van der Waals surface area contributed by atoms with Crippen molar-refractivity contribution in [3.8, 4) is 0 Å². The molecule has 1 aromatic rings. The van der Waals surface area contributed by atoms with E-state index in [0.717, 1.165) is 11.1 Å². The predicted molar refractivity (Wildman–Crippen MR) is 125 cm³/mol. The summed E-state index contributed by atoms with van der Waals surface area (Å²) in [5, 5.41) is 4.45. The minimum atomic E-state index is -4.98. The van der Waals surface area contributed by atoms with Crippen molar-refractivity contribution in [3.63, 3.8) is 0 Å². The van der Waals surface area contributed by atoms with Gasteiger partial charge in [0.2, 0.25) is 0 Å². The maximum atomic E-state index is 12.5. The molecule has 0 unspecified atom stereocenters. The highest BCUT2D eigenvalue weighted by molar-refractivity contribution is 5.81. The molecule has 198 valence electrons. The van der Waals surface area contributed by atoms with Gasteiger partial charge in [0.1, 0.15) is 11.2 Å². The molecule has 0 bridgehead atoms. The zero-order valence-electron chi connectivity index (χ0n) is 21.2. The highest BCUT2D eigenvalue weighted by Gasteiger charge is 2.38. The standard InChI is InChI=1S/C24H36F3N3O5/c1-22(2,3)34-20(32)29-16-18-11-9-17(10-12-18)8-7-14-30(21(33)35-23(4,5)6)15-13-28-19(31)24(25,26)27/h9-12H,7-8,13-16H2,1-6H3,(H,28,31)(H,29,32). The third-order valence-electron chi connectivity index (χ3n) is 4.33. The summed E-state index contributed by atoms with van der Waals surface area (Å²) in [7, 11) is 0. The van der Waals surface area contributed by atoms with Crippen LogP contribution in [0.25, 0.3) is 0 Å². The first-order valence-corrected chi connectivity index (χ1v) is 11.3. The monoisotopic (exact) mass is 503 g/mol. The van der Waals surface area contributed by atoms with Gasteiger partial charge in [-0.05, 0) is 65.5 Å². The number of nitrogens with one attached hydrogen (secondary N) is 2. The zero-order valence-corrected chi connectivity index (χ0v) is 21.2. The maximum absolute atomic E-state index is 12.5. The molecule has 8 nitrogen and oxygen atoms in total. The highest BCUT2D eigenvalue weighted by atomic mass is 19.4. The summed E-state index contributed by atoms with van der Waals surface area (Å²) < 4.78 is 47.7. The molecule has 0 saturated carbocycles. The van der Waals surface area contributed by atoms with Gasteiger partial charge in [0, 0.05) is 26.2 Å². The second kappa shape index (κ2) is 12.6. The fourth-order valence-electron chi connectivity index (χ4n) is 2.81. The molecule has 0 saturated heterocycles. The molecule has 0 atom stereocenters. The summed E-state index contributed by atoms with van der Waals surface area (Å²) in [6.45, 7) is 10.5. The van der Waals surface area contributed by atoms with E-state index in [2.05, 4.69) is 5.32 Å². The number of carbonyl (C=O) groups excluding carboxylic acids is 3. The largest absolute Gasteiger partial charge is 0.471 e. The van der Waals surface area contributed by atoms with Crippen LogP contribution in [0.5, 0.6) is 0 Å². The lowest BCUT2D eigenvalue weighted by atomic mass is 10.1. The van der Waals surface area contributed by atoms with Gasteiger partial charge in [-0.2, -0.15) is 13.2 Å². The lowest BCUT2D eigenvalue weighted by Crippen LogP contribution is -2.44. The number of hydrogen-bond acceptors (Lipinski definition) is 5. The lowest BCUT2D eigenvalue weighted by molar-refractivity contribution is -0.173. The molecule has 0 radical (unpaired) electrons. The van der Waals surface area contributed by atoms with Gasteiger partial charge in [-0.25, -0.2) is 9.59 Å². The maximum Gasteiger partial charge on any atom is 0.471 e. The van der Waals surface area contributed by atoms with Crippen molar-refractivity contribution in [3.05, 3.63) is 35.4 Å². The molecule has 1 rings (SSSR count). The fraction of sp³-hybridized carbons (Fsp3) is 0.625. The van der Waals surface area contributed by atoms with Crippen molar-refractivity contribution in [2.45, 2.75) is 78.3 Å². The number of rotatable bonds is 9. The molecule has 35 heavy (non-hydrogen) atoms. The van der Waals surface area contributed by atoms with Gasteiger partial charge in [-0.15, -0.1) is 0 Å². The second-order valence-corrected chi connectivity index (χ2v) is 10.00. The van der Waals surface area contributed by atoms with E-state index in [1.54, 1.807) is 46.9 Å². The molecule has 0 heterocycles. The van der Waals surface area contributed by atoms with Gasteiger partial charge in [-0.3, -0.25) is 4.79 Å². The molecule has 11 heteroatoms. The van der Waals surface area contributed by atoms with E-state index in [4.69, 9.17) is 9.47 Å². The Bertz CT molecular complexity index is 844. The number of aryl methyl sites for hydroxylation is 1. The van der Waals surface area contributed by atoms with E-state index in [0.29, 0.717) is 19.4 Å². The molecular formula is C24H36F3N3O5. The quantitative estimate of drug-likeness (QED) is 0.515. The van der Waals surface area contributed by atoms with Crippen molar-refractivity contribution < 1.29 is 37.0 Å². The topological polar surface area (TPSA) is 97.0 Å². The van der Waals surface area contributed by atoms with Crippen LogP contribution in [-0.2, 0) is 27.2 Å². The van der Waals surface area contributed by atoms with Crippen LogP contribution in [0, 0.1) is 0 Å². The summed E-state index contributed by atoms with van der Waals surface area (Å²) in [5.74, 6) is -2.05. The van der Waals surface area contributed by atoms with Crippen LogP contribution in [0.15, 0.2) is 24.3 Å². The number of hydrogen-bond donors (Lipinski definition) is 2. The Morgan fingerprint density at radius 3 is 1.89 bits per heavy atom. The Morgan fingerprint density at radius 2 is 1.37 bits per heavy atom. The molecule has 0 aliphatic rings. The summed E-state index contributed by atoms with van der Waals surface area (Å²) in [6.07, 6.45) is -5.01. The minimum Gasteiger partial charge on any atom is -0.444 e. The van der Waals surface area contributed by atoms with Crippen molar-refractivity contribution in [1.29, 1.82) is 0 Å². The number of nitrogens with zero attached hydrogens (tertiary/aromatic N) is 1. The van der Waals surface area contributed by atoms with Crippen LogP contribution < -0.4 is 10.6 Å². The Balaban J connectivity index is 2.59. The minimum absolute atomic E-state index is 0.119. The fourth-order valence-corrected chi connectivity index (χ4v) is 2.81. The molecule has 3 amide bonds. The molecule has 2 N–H and O–H groups in total. The van der Waals surface area contributed by atoms with E-state index in [9.17, 15) is 27.6 Å². The van der Waals surface area contributed by atoms with Gasteiger partial charge in [-0.1, -0.05) is 24.3 Å². The van der Waals surface area contributed by atoms with Crippen LogP contribution in [0.2, 0.25) is 0 Å². The Hall–Kier alpha value is -2.98. The number of halogens is 3. The first-order valence-electron chi connectivity index (χ1n) is 11.3. The number of carbonyl (C=O) groups is 3. The van der Waals surface area contributed by atoms with Crippen molar-refractivity contribution in [2.24, 2.45) is 0 Å². The molecule has 0 spiro atoms. The molecule has 1 aromatic carbocycles. The summed E-state index contributed by atoms with van der Waals surface area (Å²) >= 11 is 0. The van der Waals surface area contributed by atoms with Crippen LogP contribution in [0.3, 0.4) is 0 Å². The first kappa shape index (κ1) is 30.1. The molecular weight excluding hydrogens is 467 g/mol. The van der Waals surface area contributed by atoms with E-state index in [-0.39, 0.29) is 19.6 Å². The lowest BCUT2D eigenvalue weighted by Gasteiger charge is -2.27. The normalized spacial score (nSPS) is 12.0. The van der Waals surface area contributed by atoms with Gasteiger partial charge < -0.3 is 25.0 Å². The smallest absolute Gasteiger partial charge is 0.444 e. The van der Waals surface area contributed by atoms with Gasteiger partial charge in [0.15, 0.2) is 0 Å². The predicted octanol–water partition coefficient (Wildman–Crippen LogP) is 4.56. The van der Waals surface area contributed by atoms with Crippen molar-refractivity contribution in [2.75, 3.05) is 19.6 Å². The number of alkyl halides is 3. The molecule has 0 fully saturated rings. The van der Waals surface area contributed by atoms with Crippen molar-refractivity contribution in [1.82, 2.24) is 15.5 Å². The Labute approximate surface area is 204 Å². The average molecular weight is 504 g/mol. The number of ether oxygens (including phenoxy) is 2. The number of amides is 3. The van der Waals surface area contributed by atoms with Crippen LogP contribution in [-0.4, -0.2) is 60.0 Å². The highest BCUT2D eigenvalue weighted by Crippen LogP contribution is 2.15. The molecule has 0 aliphatic heterocycles. The van der Waals surface area contributed by atoms with Crippen LogP contribution >= 0.6 is 0 Å². The van der Waals surface area contributed by atoms with Gasteiger partial charge >= 0.3 is 24.3 Å². The number of benzene rings is 1.